The van der Waals surface area contributed by atoms with Crippen molar-refractivity contribution in [3.8, 4) is 0 Å². The van der Waals surface area contributed by atoms with Gasteiger partial charge in [0.1, 0.15) is 12.2 Å². The first-order chi connectivity index (χ1) is 6.68. The van der Waals surface area contributed by atoms with Crippen molar-refractivity contribution >= 4 is 0 Å². The summed E-state index contributed by atoms with van der Waals surface area (Å²) < 4.78 is 1.85. The van der Waals surface area contributed by atoms with E-state index in [1.54, 1.807) is 6.33 Å². The predicted octanol–water partition coefficient (Wildman–Crippen LogP) is -0.0909. The molecule has 5 heteroatoms. The number of likely N-dealkylation sites (tertiary alicyclic amines) is 1. The summed E-state index contributed by atoms with van der Waals surface area (Å²) in [6, 6.07) is 0.687. The summed E-state index contributed by atoms with van der Waals surface area (Å²) in [4.78, 5) is 6.55. The largest absolute Gasteiger partial charge is 0.327 e. The standard InChI is InChI=1S/C9H17N5/c1-13-5-7(10)3-4-8(13)9-11-6-12-14(9)2/h6-8H,3-5,10H2,1-2H3. The van der Waals surface area contributed by atoms with Crippen molar-refractivity contribution in [3.05, 3.63) is 12.2 Å². The molecule has 5 nitrogen and oxygen atoms in total. The number of aromatic nitrogens is 3. The molecule has 1 fully saturated rings. The number of aryl methyl sites for hydroxylation is 1. The lowest BCUT2D eigenvalue weighted by Gasteiger charge is -2.34. The molecule has 2 N–H and O–H groups in total. The summed E-state index contributed by atoms with van der Waals surface area (Å²) in [6.07, 6.45) is 3.75. The Bertz CT molecular complexity index is 308. The van der Waals surface area contributed by atoms with Crippen molar-refractivity contribution in [1.82, 2.24) is 19.7 Å². The minimum Gasteiger partial charge on any atom is -0.327 e. The van der Waals surface area contributed by atoms with Gasteiger partial charge in [0.15, 0.2) is 0 Å². The van der Waals surface area contributed by atoms with Crippen LogP contribution in [0.15, 0.2) is 6.33 Å². The monoisotopic (exact) mass is 195 g/mol. The van der Waals surface area contributed by atoms with Crippen molar-refractivity contribution in [2.45, 2.75) is 24.9 Å². The van der Waals surface area contributed by atoms with E-state index in [0.717, 1.165) is 25.2 Å². The second-order valence-electron chi connectivity index (χ2n) is 4.03. The molecule has 2 atom stereocenters. The zero-order chi connectivity index (χ0) is 10.1. The highest BCUT2D eigenvalue weighted by molar-refractivity contribution is 4.97. The summed E-state index contributed by atoms with van der Waals surface area (Å²) in [5.74, 6) is 1.04. The Labute approximate surface area is 83.9 Å². The van der Waals surface area contributed by atoms with E-state index in [1.807, 2.05) is 11.7 Å². The van der Waals surface area contributed by atoms with Crippen LogP contribution in [0.2, 0.25) is 0 Å². The van der Waals surface area contributed by atoms with Crippen LogP contribution in [0.5, 0.6) is 0 Å². The number of hydrogen-bond acceptors (Lipinski definition) is 4. The van der Waals surface area contributed by atoms with Crippen LogP contribution in [0, 0.1) is 0 Å². The maximum Gasteiger partial charge on any atom is 0.143 e. The fourth-order valence-corrected chi connectivity index (χ4v) is 2.11. The van der Waals surface area contributed by atoms with Gasteiger partial charge in [-0.1, -0.05) is 0 Å². The van der Waals surface area contributed by atoms with Gasteiger partial charge in [-0.15, -0.1) is 0 Å². The number of piperidine rings is 1. The van der Waals surface area contributed by atoms with E-state index in [-0.39, 0.29) is 0 Å². The molecule has 2 unspecified atom stereocenters. The van der Waals surface area contributed by atoms with Crippen molar-refractivity contribution in [3.63, 3.8) is 0 Å². The third kappa shape index (κ3) is 1.65. The summed E-state index contributed by atoms with van der Waals surface area (Å²) >= 11 is 0. The Morgan fingerprint density at radius 1 is 1.43 bits per heavy atom. The summed E-state index contributed by atoms with van der Waals surface area (Å²) in [5, 5.41) is 4.09. The van der Waals surface area contributed by atoms with E-state index >= 15 is 0 Å². The highest BCUT2D eigenvalue weighted by Gasteiger charge is 2.27. The second-order valence-corrected chi connectivity index (χ2v) is 4.03. The van der Waals surface area contributed by atoms with Crippen molar-refractivity contribution in [2.24, 2.45) is 12.8 Å². The molecule has 1 saturated heterocycles. The van der Waals surface area contributed by atoms with Gasteiger partial charge in [-0.2, -0.15) is 5.10 Å². The minimum atomic E-state index is 0.310. The summed E-state index contributed by atoms with van der Waals surface area (Å²) in [5.41, 5.74) is 5.89. The molecule has 0 saturated carbocycles. The Kier molecular flexibility index (Phi) is 2.52. The fourth-order valence-electron chi connectivity index (χ4n) is 2.11. The van der Waals surface area contributed by atoms with Crippen LogP contribution in [0.4, 0.5) is 0 Å². The molecule has 0 radical (unpaired) electrons. The maximum atomic E-state index is 5.89. The first-order valence-corrected chi connectivity index (χ1v) is 4.98. The molecule has 0 spiro atoms. The lowest BCUT2D eigenvalue weighted by Crippen LogP contribution is -2.43. The molecule has 1 aromatic heterocycles. The average molecular weight is 195 g/mol. The third-order valence-corrected chi connectivity index (χ3v) is 2.91. The highest BCUT2D eigenvalue weighted by atomic mass is 15.3. The quantitative estimate of drug-likeness (QED) is 0.680. The summed E-state index contributed by atoms with van der Waals surface area (Å²) in [6.45, 7) is 0.942. The number of nitrogens with two attached hydrogens (primary N) is 1. The van der Waals surface area contributed by atoms with Crippen molar-refractivity contribution in [2.75, 3.05) is 13.6 Å². The van der Waals surface area contributed by atoms with Crippen molar-refractivity contribution < 1.29 is 0 Å². The Morgan fingerprint density at radius 2 is 2.21 bits per heavy atom. The normalized spacial score (nSPS) is 29.4. The van der Waals surface area contributed by atoms with Gasteiger partial charge in [0, 0.05) is 19.6 Å². The third-order valence-electron chi connectivity index (χ3n) is 2.91. The van der Waals surface area contributed by atoms with Crippen LogP contribution < -0.4 is 5.73 Å². The van der Waals surface area contributed by atoms with Crippen LogP contribution >= 0.6 is 0 Å². The SMILES string of the molecule is CN1CC(N)CCC1c1ncnn1C. The van der Waals surface area contributed by atoms with E-state index in [2.05, 4.69) is 22.0 Å². The second kappa shape index (κ2) is 3.67. The molecule has 78 valence electrons. The summed E-state index contributed by atoms with van der Waals surface area (Å²) in [7, 11) is 4.03. The fraction of sp³-hybridized carbons (Fsp3) is 0.778. The first-order valence-electron chi connectivity index (χ1n) is 4.98. The minimum absolute atomic E-state index is 0.310. The highest BCUT2D eigenvalue weighted by Crippen LogP contribution is 2.26. The first kappa shape index (κ1) is 9.61. The number of rotatable bonds is 1. The van der Waals surface area contributed by atoms with Crippen LogP contribution in [0.25, 0.3) is 0 Å². The average Bonchev–Trinajstić information content (AvgIpc) is 2.52. The van der Waals surface area contributed by atoms with E-state index in [9.17, 15) is 0 Å². The van der Waals surface area contributed by atoms with Gasteiger partial charge in [0.05, 0.1) is 6.04 Å². The number of likely N-dealkylation sites (N-methyl/N-ethyl adjacent to an activating group) is 1. The Morgan fingerprint density at radius 3 is 2.79 bits per heavy atom. The smallest absolute Gasteiger partial charge is 0.143 e. The topological polar surface area (TPSA) is 60.0 Å². The zero-order valence-corrected chi connectivity index (χ0v) is 8.72. The molecule has 0 aliphatic carbocycles. The van der Waals surface area contributed by atoms with Crippen molar-refractivity contribution in [1.29, 1.82) is 0 Å². The molecule has 0 bridgehead atoms. The number of hydrogen-bond donors (Lipinski definition) is 1. The lowest BCUT2D eigenvalue weighted by molar-refractivity contribution is 0.159. The van der Waals surface area contributed by atoms with E-state index < -0.39 is 0 Å². The maximum absolute atomic E-state index is 5.89. The number of nitrogens with zero attached hydrogens (tertiary/aromatic N) is 4. The van der Waals surface area contributed by atoms with Gasteiger partial charge in [-0.05, 0) is 19.9 Å². The van der Waals surface area contributed by atoms with Gasteiger partial charge in [-0.3, -0.25) is 9.58 Å². The zero-order valence-electron chi connectivity index (χ0n) is 8.72. The molecule has 1 aliphatic heterocycles. The van der Waals surface area contributed by atoms with Crippen LogP contribution in [-0.2, 0) is 7.05 Å². The van der Waals surface area contributed by atoms with Crippen LogP contribution in [-0.4, -0.2) is 39.3 Å². The molecule has 14 heavy (non-hydrogen) atoms. The van der Waals surface area contributed by atoms with Gasteiger partial charge < -0.3 is 5.73 Å². The van der Waals surface area contributed by atoms with Gasteiger partial charge in [0.2, 0.25) is 0 Å². The molecule has 1 aliphatic rings. The molecular formula is C9H17N5. The lowest BCUT2D eigenvalue weighted by atomic mass is 9.99. The molecule has 1 aromatic rings. The Hall–Kier alpha value is -0.940. The molecule has 2 rings (SSSR count). The van der Waals surface area contributed by atoms with E-state index in [1.165, 1.54) is 0 Å². The van der Waals surface area contributed by atoms with Gasteiger partial charge >= 0.3 is 0 Å². The molecule has 0 amide bonds. The predicted molar refractivity (Wildman–Crippen MR) is 53.6 cm³/mol. The molecule has 2 heterocycles. The van der Waals surface area contributed by atoms with Gasteiger partial charge in [-0.25, -0.2) is 4.98 Å². The van der Waals surface area contributed by atoms with Crippen LogP contribution in [0.3, 0.4) is 0 Å². The van der Waals surface area contributed by atoms with Crippen LogP contribution in [0.1, 0.15) is 24.7 Å². The molecule has 0 aromatic carbocycles. The van der Waals surface area contributed by atoms with E-state index in [0.29, 0.717) is 12.1 Å². The molecular weight excluding hydrogens is 178 g/mol. The van der Waals surface area contributed by atoms with Gasteiger partial charge in [0.25, 0.3) is 0 Å². The Balaban J connectivity index is 2.15. The van der Waals surface area contributed by atoms with E-state index in [4.69, 9.17) is 5.73 Å².